The van der Waals surface area contributed by atoms with Crippen LogP contribution in [0.25, 0.3) is 0 Å². The molecule has 0 aromatic heterocycles. The molecule has 1 atom stereocenters. The van der Waals surface area contributed by atoms with Crippen molar-refractivity contribution in [1.82, 2.24) is 4.90 Å². The van der Waals surface area contributed by atoms with Gasteiger partial charge in [0, 0.05) is 19.7 Å². The molecule has 1 aliphatic carbocycles. The minimum Gasteiger partial charge on any atom is -0.484 e. The Morgan fingerprint density at radius 1 is 1.15 bits per heavy atom. The molecule has 3 fully saturated rings. The van der Waals surface area contributed by atoms with Crippen LogP contribution in [0.4, 0.5) is 0 Å². The number of carbonyl (C=O) groups is 1. The number of rotatable bonds is 7. The first kappa shape index (κ1) is 17.8. The maximum atomic E-state index is 12.4. The van der Waals surface area contributed by atoms with E-state index >= 15 is 0 Å². The number of piperidine rings is 1. The quantitative estimate of drug-likeness (QED) is 0.751. The standard InChI is InChI=1S/C21H29NO4/c23-20(15-25-18-4-2-1-3-5-18)22-10-8-21(9-11-22)12-19(26-16-21)14-24-13-17-6-7-17/h1-5,17,19H,6-16H2. The lowest BCUT2D eigenvalue weighted by Gasteiger charge is -2.38. The van der Waals surface area contributed by atoms with Crippen molar-refractivity contribution < 1.29 is 19.0 Å². The third-order valence-corrected chi connectivity index (χ3v) is 5.92. The summed E-state index contributed by atoms with van der Waals surface area (Å²) in [6, 6.07) is 9.51. The zero-order valence-electron chi connectivity index (χ0n) is 15.4. The summed E-state index contributed by atoms with van der Waals surface area (Å²) in [5.74, 6) is 1.62. The molecule has 2 heterocycles. The van der Waals surface area contributed by atoms with E-state index in [0.29, 0.717) is 0 Å². The lowest BCUT2D eigenvalue weighted by Crippen LogP contribution is -2.45. The highest BCUT2D eigenvalue weighted by molar-refractivity contribution is 5.77. The molecule has 2 aliphatic heterocycles. The van der Waals surface area contributed by atoms with Gasteiger partial charge in [-0.15, -0.1) is 0 Å². The first-order valence-corrected chi connectivity index (χ1v) is 9.87. The molecule has 0 N–H and O–H groups in total. The number of nitrogens with zero attached hydrogens (tertiary/aromatic N) is 1. The van der Waals surface area contributed by atoms with Crippen LogP contribution in [0.2, 0.25) is 0 Å². The number of amides is 1. The van der Waals surface area contributed by atoms with E-state index in [2.05, 4.69) is 0 Å². The lowest BCUT2D eigenvalue weighted by molar-refractivity contribution is -0.135. The molecule has 5 nitrogen and oxygen atoms in total. The highest BCUT2D eigenvalue weighted by Gasteiger charge is 2.43. The van der Waals surface area contributed by atoms with Crippen molar-refractivity contribution in [3.63, 3.8) is 0 Å². The molecule has 1 spiro atoms. The fraction of sp³-hybridized carbons (Fsp3) is 0.667. The van der Waals surface area contributed by atoms with Crippen molar-refractivity contribution in [2.45, 2.75) is 38.2 Å². The largest absolute Gasteiger partial charge is 0.484 e. The van der Waals surface area contributed by atoms with Crippen LogP contribution >= 0.6 is 0 Å². The topological polar surface area (TPSA) is 48.0 Å². The molecule has 1 saturated carbocycles. The Balaban J connectivity index is 1.18. The third-order valence-electron chi connectivity index (χ3n) is 5.92. The maximum Gasteiger partial charge on any atom is 0.260 e. The predicted molar refractivity (Wildman–Crippen MR) is 98.1 cm³/mol. The van der Waals surface area contributed by atoms with E-state index < -0.39 is 0 Å². The molecular weight excluding hydrogens is 330 g/mol. The second-order valence-electron chi connectivity index (χ2n) is 8.10. The first-order valence-electron chi connectivity index (χ1n) is 9.87. The van der Waals surface area contributed by atoms with Crippen LogP contribution in [0.3, 0.4) is 0 Å². The van der Waals surface area contributed by atoms with E-state index in [1.807, 2.05) is 35.2 Å². The fourth-order valence-electron chi connectivity index (χ4n) is 3.99. The van der Waals surface area contributed by atoms with E-state index in [1.165, 1.54) is 12.8 Å². The second kappa shape index (κ2) is 7.97. The van der Waals surface area contributed by atoms with Crippen molar-refractivity contribution in [2.75, 3.05) is 39.5 Å². The van der Waals surface area contributed by atoms with Crippen LogP contribution < -0.4 is 4.74 Å². The van der Waals surface area contributed by atoms with Gasteiger partial charge in [0.15, 0.2) is 6.61 Å². The van der Waals surface area contributed by atoms with Gasteiger partial charge >= 0.3 is 0 Å². The van der Waals surface area contributed by atoms with E-state index in [1.54, 1.807) is 0 Å². The zero-order chi connectivity index (χ0) is 17.8. The Labute approximate surface area is 155 Å². The highest BCUT2D eigenvalue weighted by Crippen LogP contribution is 2.42. The number of benzene rings is 1. The molecule has 26 heavy (non-hydrogen) atoms. The molecule has 5 heteroatoms. The molecule has 142 valence electrons. The number of hydrogen-bond donors (Lipinski definition) is 0. The van der Waals surface area contributed by atoms with Gasteiger partial charge in [-0.1, -0.05) is 18.2 Å². The van der Waals surface area contributed by atoms with Gasteiger partial charge in [-0.25, -0.2) is 0 Å². The molecule has 1 amide bonds. The number of likely N-dealkylation sites (tertiary alicyclic amines) is 1. The van der Waals surface area contributed by atoms with Crippen molar-refractivity contribution >= 4 is 5.91 Å². The van der Waals surface area contributed by atoms with Crippen LogP contribution in [0.1, 0.15) is 32.1 Å². The Kier molecular flexibility index (Phi) is 5.46. The van der Waals surface area contributed by atoms with E-state index in [9.17, 15) is 4.79 Å². The number of ether oxygens (including phenoxy) is 3. The third kappa shape index (κ3) is 4.57. The number of para-hydroxylation sites is 1. The molecule has 0 bridgehead atoms. The van der Waals surface area contributed by atoms with Crippen molar-refractivity contribution in [3.8, 4) is 5.75 Å². The summed E-state index contributed by atoms with van der Waals surface area (Å²) in [6.45, 7) is 4.16. The summed E-state index contributed by atoms with van der Waals surface area (Å²) in [5.41, 5.74) is 0.241. The molecule has 1 unspecified atom stereocenters. The molecule has 3 aliphatic rings. The molecule has 4 rings (SSSR count). The van der Waals surface area contributed by atoms with E-state index in [0.717, 1.165) is 63.8 Å². The lowest BCUT2D eigenvalue weighted by atomic mass is 9.76. The minimum absolute atomic E-state index is 0.0759. The van der Waals surface area contributed by atoms with Gasteiger partial charge in [-0.05, 0) is 55.6 Å². The summed E-state index contributed by atoms with van der Waals surface area (Å²) in [7, 11) is 0. The van der Waals surface area contributed by atoms with Crippen LogP contribution in [-0.2, 0) is 14.3 Å². The van der Waals surface area contributed by atoms with Gasteiger partial charge in [0.2, 0.25) is 0 Å². The Hall–Kier alpha value is -1.59. The SMILES string of the molecule is O=C(COc1ccccc1)N1CCC2(CC1)COC(COCC1CC1)C2. The second-order valence-corrected chi connectivity index (χ2v) is 8.10. The van der Waals surface area contributed by atoms with Crippen LogP contribution in [0.5, 0.6) is 5.75 Å². The van der Waals surface area contributed by atoms with Crippen LogP contribution in [-0.4, -0.2) is 56.4 Å². The van der Waals surface area contributed by atoms with Crippen molar-refractivity contribution in [2.24, 2.45) is 11.3 Å². The monoisotopic (exact) mass is 359 g/mol. The Bertz CT molecular complexity index is 593. The summed E-state index contributed by atoms with van der Waals surface area (Å²) in [4.78, 5) is 14.3. The van der Waals surface area contributed by atoms with Gasteiger partial charge in [0.1, 0.15) is 5.75 Å². The van der Waals surface area contributed by atoms with Gasteiger partial charge < -0.3 is 19.1 Å². The summed E-state index contributed by atoms with van der Waals surface area (Å²) < 4.78 is 17.4. The highest BCUT2D eigenvalue weighted by atomic mass is 16.5. The molecule has 2 saturated heterocycles. The molecule has 1 aromatic rings. The zero-order valence-corrected chi connectivity index (χ0v) is 15.4. The first-order chi connectivity index (χ1) is 12.7. The van der Waals surface area contributed by atoms with Crippen molar-refractivity contribution in [3.05, 3.63) is 30.3 Å². The fourth-order valence-corrected chi connectivity index (χ4v) is 3.99. The predicted octanol–water partition coefficient (Wildman–Crippen LogP) is 2.89. The van der Waals surface area contributed by atoms with Crippen molar-refractivity contribution in [1.29, 1.82) is 0 Å². The van der Waals surface area contributed by atoms with Gasteiger partial charge in [0.05, 0.1) is 19.3 Å². The summed E-state index contributed by atoms with van der Waals surface area (Å²) in [5, 5.41) is 0. The normalized spacial score (nSPS) is 24.8. The summed E-state index contributed by atoms with van der Waals surface area (Å²) >= 11 is 0. The number of hydrogen-bond acceptors (Lipinski definition) is 4. The maximum absolute atomic E-state index is 12.4. The summed E-state index contributed by atoms with van der Waals surface area (Å²) in [6.07, 6.45) is 5.99. The van der Waals surface area contributed by atoms with E-state index in [4.69, 9.17) is 14.2 Å². The minimum atomic E-state index is 0.0759. The van der Waals surface area contributed by atoms with Crippen LogP contribution in [0, 0.1) is 11.3 Å². The van der Waals surface area contributed by atoms with E-state index in [-0.39, 0.29) is 24.0 Å². The molecule has 1 aromatic carbocycles. The van der Waals surface area contributed by atoms with Gasteiger partial charge in [-0.2, -0.15) is 0 Å². The molecule has 0 radical (unpaired) electrons. The van der Waals surface area contributed by atoms with Gasteiger partial charge in [0.25, 0.3) is 5.91 Å². The van der Waals surface area contributed by atoms with Crippen LogP contribution in [0.15, 0.2) is 30.3 Å². The van der Waals surface area contributed by atoms with Gasteiger partial charge in [-0.3, -0.25) is 4.79 Å². The average Bonchev–Trinajstić information content (AvgIpc) is 3.42. The Morgan fingerprint density at radius 2 is 1.92 bits per heavy atom. The number of carbonyl (C=O) groups excluding carboxylic acids is 1. The smallest absolute Gasteiger partial charge is 0.260 e. The average molecular weight is 359 g/mol. The Morgan fingerprint density at radius 3 is 2.65 bits per heavy atom. The molecular formula is C21H29NO4.